The molecule has 4 heteroatoms. The van der Waals surface area contributed by atoms with Gasteiger partial charge in [-0.15, -0.1) is 0 Å². The highest BCUT2D eigenvalue weighted by molar-refractivity contribution is 5.87. The molecule has 20 heavy (non-hydrogen) atoms. The summed E-state index contributed by atoms with van der Waals surface area (Å²) in [7, 11) is 0. The number of carboxylic acid groups (broad SMARTS) is 1. The Morgan fingerprint density at radius 1 is 1.35 bits per heavy atom. The molecule has 0 aromatic heterocycles. The smallest absolute Gasteiger partial charge is 0.335 e. The van der Waals surface area contributed by atoms with E-state index < -0.39 is 5.97 Å². The van der Waals surface area contributed by atoms with E-state index in [-0.39, 0.29) is 22.8 Å². The first-order valence-electron chi connectivity index (χ1n) is 7.06. The SMILES string of the molecule is CCC1(C)CC1C(=O)NCCc1ccc(C(=O)O)cc1. The van der Waals surface area contributed by atoms with E-state index in [0.717, 1.165) is 24.8 Å². The Balaban J connectivity index is 1.76. The number of hydrogen-bond acceptors (Lipinski definition) is 2. The first kappa shape index (κ1) is 14.6. The first-order valence-corrected chi connectivity index (χ1v) is 7.06. The average molecular weight is 275 g/mol. The minimum absolute atomic E-state index is 0.150. The molecule has 1 fully saturated rings. The zero-order valence-corrected chi connectivity index (χ0v) is 12.0. The maximum absolute atomic E-state index is 11.9. The lowest BCUT2D eigenvalue weighted by Crippen LogP contribution is -2.28. The lowest BCUT2D eigenvalue weighted by molar-refractivity contribution is -0.123. The average Bonchev–Trinajstić information content (AvgIpc) is 3.12. The van der Waals surface area contributed by atoms with Crippen LogP contribution in [0.2, 0.25) is 0 Å². The monoisotopic (exact) mass is 275 g/mol. The van der Waals surface area contributed by atoms with Crippen LogP contribution in [0.15, 0.2) is 24.3 Å². The van der Waals surface area contributed by atoms with Crippen LogP contribution in [0.1, 0.15) is 42.6 Å². The molecule has 2 unspecified atom stereocenters. The van der Waals surface area contributed by atoms with Crippen LogP contribution in [-0.4, -0.2) is 23.5 Å². The lowest BCUT2D eigenvalue weighted by Gasteiger charge is -2.08. The molecule has 0 bridgehead atoms. The number of carboxylic acids is 1. The predicted molar refractivity (Wildman–Crippen MR) is 76.6 cm³/mol. The molecule has 4 nitrogen and oxygen atoms in total. The van der Waals surface area contributed by atoms with Crippen LogP contribution < -0.4 is 5.32 Å². The Hall–Kier alpha value is -1.84. The van der Waals surface area contributed by atoms with Gasteiger partial charge in [0, 0.05) is 12.5 Å². The minimum atomic E-state index is -0.919. The normalized spacial score (nSPS) is 24.2. The Morgan fingerprint density at radius 3 is 2.50 bits per heavy atom. The molecule has 0 aliphatic heterocycles. The summed E-state index contributed by atoms with van der Waals surface area (Å²) in [6, 6.07) is 6.77. The van der Waals surface area contributed by atoms with Crippen LogP contribution in [0.3, 0.4) is 0 Å². The fraction of sp³-hybridized carbons (Fsp3) is 0.500. The standard InChI is InChI=1S/C16H21NO3/c1-3-16(2)10-13(16)14(18)17-9-8-11-4-6-12(7-5-11)15(19)20/h4-7,13H,3,8-10H2,1-2H3,(H,17,18)(H,19,20). The van der Waals surface area contributed by atoms with E-state index in [1.54, 1.807) is 24.3 Å². The van der Waals surface area contributed by atoms with Gasteiger partial charge in [0.15, 0.2) is 0 Å². The Morgan fingerprint density at radius 2 is 2.00 bits per heavy atom. The van der Waals surface area contributed by atoms with E-state index in [9.17, 15) is 9.59 Å². The van der Waals surface area contributed by atoms with E-state index in [0.29, 0.717) is 6.54 Å². The summed E-state index contributed by atoms with van der Waals surface area (Å²) in [5, 5.41) is 11.8. The van der Waals surface area contributed by atoms with Gasteiger partial charge in [-0.1, -0.05) is 26.0 Å². The highest BCUT2D eigenvalue weighted by Gasteiger charge is 2.52. The van der Waals surface area contributed by atoms with Crippen molar-refractivity contribution in [2.24, 2.45) is 11.3 Å². The van der Waals surface area contributed by atoms with Crippen molar-refractivity contribution in [1.29, 1.82) is 0 Å². The molecule has 0 heterocycles. The van der Waals surface area contributed by atoms with Crippen LogP contribution in [0.25, 0.3) is 0 Å². The molecule has 2 atom stereocenters. The number of carbonyl (C=O) groups is 2. The zero-order valence-electron chi connectivity index (χ0n) is 12.0. The third kappa shape index (κ3) is 3.18. The van der Waals surface area contributed by atoms with E-state index in [4.69, 9.17) is 5.11 Å². The number of benzene rings is 1. The highest BCUT2D eigenvalue weighted by atomic mass is 16.4. The van der Waals surface area contributed by atoms with Crippen LogP contribution in [0.5, 0.6) is 0 Å². The molecule has 0 saturated heterocycles. The Kier molecular flexibility index (Phi) is 4.12. The lowest BCUT2D eigenvalue weighted by atomic mass is 10.0. The molecule has 0 radical (unpaired) electrons. The van der Waals surface area contributed by atoms with Gasteiger partial charge in [-0.2, -0.15) is 0 Å². The van der Waals surface area contributed by atoms with Gasteiger partial charge in [-0.25, -0.2) is 4.79 Å². The molecule has 1 aromatic rings. The maximum atomic E-state index is 11.9. The van der Waals surface area contributed by atoms with Gasteiger partial charge in [0.1, 0.15) is 0 Å². The van der Waals surface area contributed by atoms with Crippen molar-refractivity contribution >= 4 is 11.9 Å². The van der Waals surface area contributed by atoms with Crippen molar-refractivity contribution in [3.05, 3.63) is 35.4 Å². The van der Waals surface area contributed by atoms with Gasteiger partial charge in [-0.3, -0.25) is 4.79 Å². The van der Waals surface area contributed by atoms with E-state index in [2.05, 4.69) is 19.2 Å². The molecule has 1 saturated carbocycles. The maximum Gasteiger partial charge on any atom is 0.335 e. The fourth-order valence-corrected chi connectivity index (χ4v) is 2.47. The highest BCUT2D eigenvalue weighted by Crippen LogP contribution is 2.54. The topological polar surface area (TPSA) is 66.4 Å². The van der Waals surface area contributed by atoms with Gasteiger partial charge in [0.05, 0.1) is 5.56 Å². The summed E-state index contributed by atoms with van der Waals surface area (Å²) in [6.07, 6.45) is 2.76. The van der Waals surface area contributed by atoms with Crippen molar-refractivity contribution in [2.45, 2.75) is 33.1 Å². The summed E-state index contributed by atoms with van der Waals surface area (Å²) in [5.74, 6) is -0.601. The molecule has 1 aromatic carbocycles. The largest absolute Gasteiger partial charge is 0.478 e. The number of amides is 1. The summed E-state index contributed by atoms with van der Waals surface area (Å²) >= 11 is 0. The summed E-state index contributed by atoms with van der Waals surface area (Å²) in [4.78, 5) is 22.7. The van der Waals surface area contributed by atoms with Crippen LogP contribution in [-0.2, 0) is 11.2 Å². The van der Waals surface area contributed by atoms with Gasteiger partial charge in [0.25, 0.3) is 0 Å². The molecular weight excluding hydrogens is 254 g/mol. The zero-order chi connectivity index (χ0) is 14.8. The molecular formula is C16H21NO3. The number of rotatable bonds is 6. The third-order valence-electron chi connectivity index (χ3n) is 4.39. The molecule has 2 N–H and O–H groups in total. The Bertz CT molecular complexity index is 509. The van der Waals surface area contributed by atoms with Crippen molar-refractivity contribution in [1.82, 2.24) is 5.32 Å². The minimum Gasteiger partial charge on any atom is -0.478 e. The molecule has 1 aliphatic rings. The Labute approximate surface area is 119 Å². The quantitative estimate of drug-likeness (QED) is 0.838. The van der Waals surface area contributed by atoms with E-state index in [1.165, 1.54) is 0 Å². The molecule has 1 amide bonds. The van der Waals surface area contributed by atoms with Crippen LogP contribution >= 0.6 is 0 Å². The van der Waals surface area contributed by atoms with E-state index in [1.807, 2.05) is 0 Å². The van der Waals surface area contributed by atoms with Crippen LogP contribution in [0, 0.1) is 11.3 Å². The fourth-order valence-electron chi connectivity index (χ4n) is 2.47. The molecule has 2 rings (SSSR count). The van der Waals surface area contributed by atoms with Gasteiger partial charge < -0.3 is 10.4 Å². The predicted octanol–water partition coefficient (Wildman–Crippen LogP) is 2.48. The number of aromatic carboxylic acids is 1. The van der Waals surface area contributed by atoms with E-state index >= 15 is 0 Å². The number of carbonyl (C=O) groups excluding carboxylic acids is 1. The third-order valence-corrected chi connectivity index (χ3v) is 4.39. The van der Waals surface area contributed by atoms with Crippen molar-refractivity contribution in [2.75, 3.05) is 6.54 Å². The van der Waals surface area contributed by atoms with Crippen LogP contribution in [0.4, 0.5) is 0 Å². The molecule has 1 aliphatic carbocycles. The second kappa shape index (κ2) is 5.65. The second-order valence-corrected chi connectivity index (χ2v) is 5.81. The second-order valence-electron chi connectivity index (χ2n) is 5.81. The van der Waals surface area contributed by atoms with Gasteiger partial charge >= 0.3 is 5.97 Å². The van der Waals surface area contributed by atoms with Gasteiger partial charge in [0.2, 0.25) is 5.91 Å². The number of hydrogen-bond donors (Lipinski definition) is 2. The number of nitrogens with one attached hydrogen (secondary N) is 1. The van der Waals surface area contributed by atoms with Crippen molar-refractivity contribution in [3.8, 4) is 0 Å². The van der Waals surface area contributed by atoms with Crippen molar-refractivity contribution in [3.63, 3.8) is 0 Å². The summed E-state index contributed by atoms with van der Waals surface area (Å²) in [6.45, 7) is 4.88. The molecule has 108 valence electrons. The first-order chi connectivity index (χ1) is 9.46. The summed E-state index contributed by atoms with van der Waals surface area (Å²) in [5.41, 5.74) is 1.52. The molecule has 0 spiro atoms. The van der Waals surface area contributed by atoms with Gasteiger partial charge in [-0.05, 0) is 42.4 Å². The summed E-state index contributed by atoms with van der Waals surface area (Å²) < 4.78 is 0. The van der Waals surface area contributed by atoms with Crippen molar-refractivity contribution < 1.29 is 14.7 Å².